The number of carboxylic acid groups (broad SMARTS) is 1. The van der Waals surface area contributed by atoms with E-state index in [0.29, 0.717) is 16.9 Å². The number of β-lactam (4-membered cyclic amide) rings is 1. The molecule has 2 aliphatic rings. The number of oxime groups is 1. The second-order valence-corrected chi connectivity index (χ2v) is 11.3. The van der Waals surface area contributed by atoms with Gasteiger partial charge in [0.15, 0.2) is 30.3 Å². The van der Waals surface area contributed by atoms with Crippen LogP contribution in [-0.2, 0) is 25.8 Å². The number of H-pyrrole nitrogens is 1. The van der Waals surface area contributed by atoms with Gasteiger partial charge < -0.3 is 26.0 Å². The molecule has 1 saturated heterocycles. The number of amides is 3. The molecule has 1 fully saturated rings. The Bertz CT molecular complexity index is 1760. The number of aliphatic carboxylic acids is 1. The van der Waals surface area contributed by atoms with Gasteiger partial charge >= 0.3 is 5.97 Å². The number of fused-ring (bicyclic) bond motifs is 1. The normalized spacial score (nSPS) is 17.8. The Morgan fingerprint density at radius 1 is 1.36 bits per heavy atom. The zero-order valence-corrected chi connectivity index (χ0v) is 24.9. The molecule has 3 amide bonds. The monoisotopic (exact) mass is 637 g/mol. The average molecular weight is 638 g/mol. The fourth-order valence-corrected chi connectivity index (χ4v) is 6.54. The Kier molecular flexibility index (Phi) is 8.59. The fourth-order valence-electron chi connectivity index (χ4n) is 4.77. The summed E-state index contributed by atoms with van der Waals surface area (Å²) >= 11 is 2.20. The lowest BCUT2D eigenvalue weighted by Crippen LogP contribution is -2.71. The number of pyridine rings is 1. The first kappa shape index (κ1) is 30.2. The molecule has 0 bridgehead atoms. The van der Waals surface area contributed by atoms with E-state index in [-0.39, 0.29) is 41.2 Å². The third kappa shape index (κ3) is 5.69. The van der Waals surface area contributed by atoms with Crippen molar-refractivity contribution in [3.63, 3.8) is 0 Å². The number of aromatic amines is 1. The van der Waals surface area contributed by atoms with Crippen LogP contribution >= 0.6 is 23.3 Å². The van der Waals surface area contributed by atoms with Crippen LogP contribution in [0.3, 0.4) is 0 Å². The largest absolute Gasteiger partial charge is 0.477 e. The maximum absolute atomic E-state index is 13.2. The number of aromatic nitrogens is 4. The minimum absolute atomic E-state index is 0.0496. The molecule has 2 atom stereocenters. The van der Waals surface area contributed by atoms with Gasteiger partial charge in [0.1, 0.15) is 29.4 Å². The lowest BCUT2D eigenvalue weighted by atomic mass is 10.0. The molecule has 0 aromatic carbocycles. The minimum Gasteiger partial charge on any atom is -0.477 e. The van der Waals surface area contributed by atoms with Gasteiger partial charge in [0.25, 0.3) is 17.7 Å². The first-order valence-corrected chi connectivity index (χ1v) is 14.8. The van der Waals surface area contributed by atoms with Crippen LogP contribution < -0.4 is 20.9 Å². The first-order valence-electron chi connectivity index (χ1n) is 13.0. The summed E-state index contributed by atoms with van der Waals surface area (Å²) in [6, 6.07) is 2.63. The second-order valence-electron chi connectivity index (χ2n) is 9.46. The maximum Gasteiger partial charge on any atom is 0.352 e. The molecule has 18 heteroatoms. The number of hydrogen-bond acceptors (Lipinski definition) is 12. The van der Waals surface area contributed by atoms with Crippen LogP contribution in [0.4, 0.5) is 5.13 Å². The van der Waals surface area contributed by atoms with E-state index in [1.807, 2.05) is 12.1 Å². The van der Waals surface area contributed by atoms with Gasteiger partial charge in [0, 0.05) is 46.8 Å². The van der Waals surface area contributed by atoms with Crippen LogP contribution in [0.1, 0.15) is 28.8 Å². The topological polar surface area (TPSA) is 233 Å². The molecule has 16 nitrogen and oxygen atoms in total. The van der Waals surface area contributed by atoms with Crippen LogP contribution in [0.5, 0.6) is 0 Å². The molecule has 0 radical (unpaired) electrons. The van der Waals surface area contributed by atoms with E-state index in [0.717, 1.165) is 22.7 Å². The summed E-state index contributed by atoms with van der Waals surface area (Å²) in [4.78, 5) is 63.6. The summed E-state index contributed by atoms with van der Waals surface area (Å²) in [6.45, 7) is 3.82. The Hall–Kier alpha value is -5.28. The molecule has 5 heterocycles. The third-order valence-electron chi connectivity index (χ3n) is 6.80. The molecule has 5 rings (SSSR count). The number of carboxylic acids is 1. The fraction of sp³-hybridized carbons (Fsp3) is 0.269. The Balaban J connectivity index is 1.31. The summed E-state index contributed by atoms with van der Waals surface area (Å²) in [5.41, 5.74) is 8.28. The number of hydrogen-bond donors (Lipinski definition) is 5. The zero-order valence-electron chi connectivity index (χ0n) is 23.2. The van der Waals surface area contributed by atoms with Crippen molar-refractivity contribution >= 4 is 57.8 Å². The molecular formula is C26H25N10O6S2+. The van der Waals surface area contributed by atoms with Crippen molar-refractivity contribution in [1.82, 2.24) is 29.9 Å². The highest BCUT2D eigenvalue weighted by Gasteiger charge is 2.55. The van der Waals surface area contributed by atoms with E-state index >= 15 is 0 Å². The molecule has 3 aromatic heterocycles. The minimum atomic E-state index is -1.26. The maximum atomic E-state index is 13.2. The predicted molar refractivity (Wildman–Crippen MR) is 156 cm³/mol. The van der Waals surface area contributed by atoms with E-state index in [9.17, 15) is 24.3 Å². The highest BCUT2D eigenvalue weighted by Crippen LogP contribution is 2.40. The number of carbonyl (C=O) groups is 4. The van der Waals surface area contributed by atoms with Crippen molar-refractivity contribution in [1.29, 1.82) is 5.26 Å². The predicted octanol–water partition coefficient (Wildman–Crippen LogP) is 0.102. The van der Waals surface area contributed by atoms with Crippen molar-refractivity contribution in [3.8, 4) is 17.3 Å². The first-order chi connectivity index (χ1) is 21.1. The lowest BCUT2D eigenvalue weighted by Gasteiger charge is -2.49. The number of nitriles is 1. The molecule has 2 unspecified atom stereocenters. The van der Waals surface area contributed by atoms with Gasteiger partial charge in [0.2, 0.25) is 11.5 Å². The number of anilines is 1. The van der Waals surface area contributed by atoms with Crippen molar-refractivity contribution in [3.05, 3.63) is 59.1 Å². The van der Waals surface area contributed by atoms with E-state index < -0.39 is 35.1 Å². The Morgan fingerprint density at radius 3 is 2.75 bits per heavy atom. The molecule has 6 N–H and O–H groups in total. The summed E-state index contributed by atoms with van der Waals surface area (Å²) in [5, 5.41) is 26.7. The molecule has 226 valence electrons. The summed E-state index contributed by atoms with van der Waals surface area (Å²) in [6.07, 6.45) is 6.81. The van der Waals surface area contributed by atoms with Gasteiger partial charge in [-0.15, -0.1) is 11.8 Å². The third-order valence-corrected chi connectivity index (χ3v) is 8.68. The highest BCUT2D eigenvalue weighted by molar-refractivity contribution is 8.00. The van der Waals surface area contributed by atoms with Crippen LogP contribution in [0.15, 0.2) is 47.1 Å². The van der Waals surface area contributed by atoms with Gasteiger partial charge in [-0.2, -0.15) is 14.6 Å². The zero-order chi connectivity index (χ0) is 31.5. The molecule has 44 heavy (non-hydrogen) atoms. The summed E-state index contributed by atoms with van der Waals surface area (Å²) in [5.74, 6) is -2.88. The van der Waals surface area contributed by atoms with E-state index in [1.165, 1.54) is 16.7 Å². The smallest absolute Gasteiger partial charge is 0.352 e. The summed E-state index contributed by atoms with van der Waals surface area (Å²) < 4.78 is 5.76. The Morgan fingerprint density at radius 2 is 2.11 bits per heavy atom. The van der Waals surface area contributed by atoms with E-state index in [4.69, 9.17) is 15.8 Å². The summed E-state index contributed by atoms with van der Waals surface area (Å²) in [7, 11) is 0. The number of nitrogens with zero attached hydrogens (tertiary/aromatic N) is 6. The van der Waals surface area contributed by atoms with Gasteiger partial charge in [-0.05, 0) is 25.0 Å². The molecule has 3 aromatic rings. The molecule has 0 spiro atoms. The molecule has 2 aliphatic heterocycles. The molecule has 0 saturated carbocycles. The van der Waals surface area contributed by atoms with Gasteiger partial charge in [0.05, 0.1) is 0 Å². The number of carbonyl (C=O) groups excluding carboxylic acids is 3. The lowest BCUT2D eigenvalue weighted by molar-refractivity contribution is -0.689. The number of thioether (sulfide) groups is 1. The number of nitrogen functional groups attached to an aromatic ring is 1. The van der Waals surface area contributed by atoms with Crippen LogP contribution in [0, 0.1) is 18.4 Å². The van der Waals surface area contributed by atoms with Crippen molar-refractivity contribution in [2.75, 3.05) is 18.1 Å². The van der Waals surface area contributed by atoms with Crippen LogP contribution in [-0.4, -0.2) is 77.5 Å². The van der Waals surface area contributed by atoms with Crippen molar-refractivity contribution < 1.29 is 33.7 Å². The number of nitrogens with one attached hydrogen (secondary N) is 3. The van der Waals surface area contributed by atoms with Crippen molar-refractivity contribution in [2.45, 2.75) is 31.8 Å². The number of nitrogens with two attached hydrogens (primary N) is 1. The van der Waals surface area contributed by atoms with Crippen molar-refractivity contribution in [2.24, 2.45) is 5.16 Å². The highest BCUT2D eigenvalue weighted by atomic mass is 32.2. The van der Waals surface area contributed by atoms with Crippen LogP contribution in [0.2, 0.25) is 0 Å². The molecule has 0 aliphatic carbocycles. The SMILES string of the molecule is CCO/N=C(/C(=O)NC1C(=O)N2C(C(=O)O)=C(C[n+]3ccc(-c4c[nH]c(C(=O)NC#N)c4C)cc3)CSC12)c1nsc(N)n1. The number of rotatable bonds is 10. The average Bonchev–Trinajstić information content (AvgIpc) is 3.61. The van der Waals surface area contributed by atoms with Crippen LogP contribution in [0.25, 0.3) is 11.1 Å². The molecular weight excluding hydrogens is 612 g/mol. The second kappa shape index (κ2) is 12.5. The Labute approximate surface area is 257 Å². The van der Waals surface area contributed by atoms with E-state index in [1.54, 1.807) is 43.2 Å². The van der Waals surface area contributed by atoms with E-state index in [2.05, 4.69) is 30.1 Å². The standard InChI is InChI=1S/C26H24N10O6S2/c1-3-42-33-17(20-32-26(28)44-34-20)22(38)31-18-23(39)36-19(25(40)41)14(10-43-24(18)36)9-35-6-4-13(5-7-35)15-8-29-16(12(15)2)21(37)30-11-27/h4-8,18,24H,3,9-10H2,1-2H3,(H5,28,30,31,32,34,37,38,40,41)/p+1/b33-17+. The quantitative estimate of drug-likeness (QED) is 0.0499. The van der Waals surface area contributed by atoms with Gasteiger partial charge in [-0.3, -0.25) is 24.6 Å². The van der Waals surface area contributed by atoms with Gasteiger partial charge in [-0.25, -0.2) is 9.36 Å². The van der Waals surface area contributed by atoms with Gasteiger partial charge in [-0.1, -0.05) is 5.16 Å².